The minimum Gasteiger partial charge on any atom is -0.322 e. The fourth-order valence-electron chi connectivity index (χ4n) is 2.58. The van der Waals surface area contributed by atoms with Gasteiger partial charge in [0.25, 0.3) is 11.6 Å². The van der Waals surface area contributed by atoms with E-state index in [1.807, 2.05) is 54.6 Å². The molecule has 0 spiro atoms. The molecule has 25 heavy (non-hydrogen) atoms. The Kier molecular flexibility index (Phi) is 4.57. The predicted molar refractivity (Wildman–Crippen MR) is 97.7 cm³/mol. The van der Waals surface area contributed by atoms with Crippen LogP contribution in [0.15, 0.2) is 72.8 Å². The number of hydrogen-bond acceptors (Lipinski definition) is 3. The average Bonchev–Trinajstić information content (AvgIpc) is 2.62. The molecular weight excluding hydrogens is 316 g/mol. The molecule has 0 bridgehead atoms. The lowest BCUT2D eigenvalue weighted by Crippen LogP contribution is -2.12. The van der Waals surface area contributed by atoms with Crippen LogP contribution in [-0.4, -0.2) is 10.8 Å². The number of carbonyl (C=O) groups is 1. The van der Waals surface area contributed by atoms with Crippen molar-refractivity contribution in [2.75, 3.05) is 5.32 Å². The average molecular weight is 332 g/mol. The third kappa shape index (κ3) is 3.72. The van der Waals surface area contributed by atoms with Gasteiger partial charge in [-0.25, -0.2) is 0 Å². The van der Waals surface area contributed by atoms with Gasteiger partial charge in [0.15, 0.2) is 0 Å². The summed E-state index contributed by atoms with van der Waals surface area (Å²) in [5, 5.41) is 13.7. The lowest BCUT2D eigenvalue weighted by molar-refractivity contribution is -0.385. The number of nitrogens with zero attached hydrogens (tertiary/aromatic N) is 1. The number of anilines is 1. The first kappa shape index (κ1) is 16.4. The van der Waals surface area contributed by atoms with Crippen LogP contribution in [0, 0.1) is 17.0 Å². The van der Waals surface area contributed by atoms with E-state index in [1.54, 1.807) is 6.92 Å². The highest BCUT2D eigenvalue weighted by Gasteiger charge is 2.14. The molecule has 3 aromatic rings. The Morgan fingerprint density at radius 1 is 0.920 bits per heavy atom. The molecule has 5 heteroatoms. The zero-order chi connectivity index (χ0) is 17.8. The third-order valence-electron chi connectivity index (χ3n) is 3.91. The van der Waals surface area contributed by atoms with Crippen molar-refractivity contribution in [3.63, 3.8) is 0 Å². The molecule has 124 valence electrons. The molecule has 0 aromatic heterocycles. The van der Waals surface area contributed by atoms with Crippen LogP contribution in [0.25, 0.3) is 11.1 Å². The largest absolute Gasteiger partial charge is 0.322 e. The quantitative estimate of drug-likeness (QED) is 0.550. The number of benzene rings is 3. The minimum absolute atomic E-state index is 0.00349. The predicted octanol–water partition coefficient (Wildman–Crippen LogP) is 4.82. The van der Waals surface area contributed by atoms with Crippen molar-refractivity contribution in [1.29, 1.82) is 0 Å². The maximum atomic E-state index is 12.3. The molecule has 0 radical (unpaired) electrons. The smallest absolute Gasteiger partial charge is 0.272 e. The molecule has 0 aliphatic rings. The van der Waals surface area contributed by atoms with Crippen molar-refractivity contribution in [3.05, 3.63) is 94.0 Å². The van der Waals surface area contributed by atoms with Crippen molar-refractivity contribution in [2.24, 2.45) is 0 Å². The van der Waals surface area contributed by atoms with Gasteiger partial charge in [0, 0.05) is 22.9 Å². The van der Waals surface area contributed by atoms with E-state index in [0.717, 1.165) is 11.1 Å². The number of nitro benzene ring substituents is 1. The van der Waals surface area contributed by atoms with Crippen molar-refractivity contribution < 1.29 is 9.72 Å². The second-order valence-corrected chi connectivity index (χ2v) is 5.66. The highest BCUT2D eigenvalue weighted by Crippen LogP contribution is 2.22. The molecule has 3 aromatic carbocycles. The van der Waals surface area contributed by atoms with Gasteiger partial charge in [0.1, 0.15) is 0 Å². The van der Waals surface area contributed by atoms with E-state index in [4.69, 9.17) is 0 Å². The number of carbonyl (C=O) groups excluding carboxylic acids is 1. The van der Waals surface area contributed by atoms with E-state index in [1.165, 1.54) is 18.2 Å². The number of nitrogens with one attached hydrogen (secondary N) is 1. The van der Waals surface area contributed by atoms with Gasteiger partial charge in [-0.15, -0.1) is 0 Å². The molecule has 1 N–H and O–H groups in total. The van der Waals surface area contributed by atoms with Crippen LogP contribution in [0.1, 0.15) is 15.9 Å². The molecule has 0 saturated carbocycles. The summed E-state index contributed by atoms with van der Waals surface area (Å²) in [4.78, 5) is 22.7. The van der Waals surface area contributed by atoms with E-state index in [9.17, 15) is 14.9 Å². The van der Waals surface area contributed by atoms with Crippen LogP contribution < -0.4 is 5.32 Å². The molecule has 0 aliphatic carbocycles. The summed E-state index contributed by atoms with van der Waals surface area (Å²) in [6.45, 7) is 1.61. The molecule has 1 amide bonds. The molecule has 5 nitrogen and oxygen atoms in total. The van der Waals surface area contributed by atoms with Gasteiger partial charge in [-0.1, -0.05) is 42.5 Å². The number of nitro groups is 1. The third-order valence-corrected chi connectivity index (χ3v) is 3.91. The van der Waals surface area contributed by atoms with Crippen molar-refractivity contribution in [1.82, 2.24) is 0 Å². The Labute approximate surface area is 145 Å². The van der Waals surface area contributed by atoms with E-state index in [0.29, 0.717) is 16.8 Å². The van der Waals surface area contributed by atoms with Crippen LogP contribution in [0.4, 0.5) is 11.4 Å². The Balaban J connectivity index is 1.75. The van der Waals surface area contributed by atoms with Crippen LogP contribution in [0.3, 0.4) is 0 Å². The molecule has 0 atom stereocenters. The lowest BCUT2D eigenvalue weighted by Gasteiger charge is -2.08. The fourth-order valence-corrected chi connectivity index (χ4v) is 2.58. The Bertz CT molecular complexity index is 919. The standard InChI is InChI=1S/C20H16N2O3/c1-14-13-17(9-12-19(14)22(24)25)20(23)21-18-10-7-16(8-11-18)15-5-3-2-4-6-15/h2-13H,1H3,(H,21,23). The van der Waals surface area contributed by atoms with Crippen molar-refractivity contribution >= 4 is 17.3 Å². The molecule has 0 aliphatic heterocycles. The van der Waals surface area contributed by atoms with Crippen LogP contribution in [0.5, 0.6) is 0 Å². The summed E-state index contributed by atoms with van der Waals surface area (Å²) < 4.78 is 0. The molecular formula is C20H16N2O3. The summed E-state index contributed by atoms with van der Waals surface area (Å²) in [6.07, 6.45) is 0. The van der Waals surface area contributed by atoms with E-state index in [2.05, 4.69) is 5.32 Å². The van der Waals surface area contributed by atoms with E-state index in [-0.39, 0.29) is 11.6 Å². The maximum Gasteiger partial charge on any atom is 0.272 e. The number of amides is 1. The van der Waals surface area contributed by atoms with Crippen LogP contribution in [-0.2, 0) is 0 Å². The first-order chi connectivity index (χ1) is 12.0. The van der Waals surface area contributed by atoms with Crippen LogP contribution in [0.2, 0.25) is 0 Å². The number of aryl methyl sites for hydroxylation is 1. The minimum atomic E-state index is -0.459. The highest BCUT2D eigenvalue weighted by molar-refractivity contribution is 6.04. The first-order valence-corrected chi connectivity index (χ1v) is 7.76. The second kappa shape index (κ2) is 6.97. The lowest BCUT2D eigenvalue weighted by atomic mass is 10.1. The molecule has 0 fully saturated rings. The van der Waals surface area contributed by atoms with Gasteiger partial charge in [-0.3, -0.25) is 14.9 Å². The van der Waals surface area contributed by atoms with Gasteiger partial charge < -0.3 is 5.32 Å². The summed E-state index contributed by atoms with van der Waals surface area (Å²) in [7, 11) is 0. The summed E-state index contributed by atoms with van der Waals surface area (Å²) in [5.41, 5.74) is 3.67. The zero-order valence-electron chi connectivity index (χ0n) is 13.6. The number of rotatable bonds is 4. The van der Waals surface area contributed by atoms with E-state index >= 15 is 0 Å². The molecule has 0 saturated heterocycles. The van der Waals surface area contributed by atoms with E-state index < -0.39 is 4.92 Å². The van der Waals surface area contributed by atoms with Gasteiger partial charge in [0.05, 0.1) is 4.92 Å². The van der Waals surface area contributed by atoms with Crippen molar-refractivity contribution in [3.8, 4) is 11.1 Å². The topological polar surface area (TPSA) is 72.2 Å². The van der Waals surface area contributed by atoms with Crippen molar-refractivity contribution in [2.45, 2.75) is 6.92 Å². The summed E-state index contributed by atoms with van der Waals surface area (Å²) in [6, 6.07) is 21.8. The Morgan fingerprint density at radius 3 is 2.16 bits per heavy atom. The molecule has 3 rings (SSSR count). The molecule has 0 heterocycles. The monoisotopic (exact) mass is 332 g/mol. The summed E-state index contributed by atoms with van der Waals surface area (Å²) in [5.74, 6) is -0.301. The maximum absolute atomic E-state index is 12.3. The second-order valence-electron chi connectivity index (χ2n) is 5.66. The van der Waals surface area contributed by atoms with Gasteiger partial charge in [0.2, 0.25) is 0 Å². The molecule has 0 unspecified atom stereocenters. The highest BCUT2D eigenvalue weighted by atomic mass is 16.6. The Hall–Kier alpha value is -3.47. The first-order valence-electron chi connectivity index (χ1n) is 7.76. The number of hydrogen-bond donors (Lipinski definition) is 1. The Morgan fingerprint density at radius 2 is 1.56 bits per heavy atom. The van der Waals surface area contributed by atoms with Gasteiger partial charge in [-0.2, -0.15) is 0 Å². The van der Waals surface area contributed by atoms with Crippen LogP contribution >= 0.6 is 0 Å². The normalized spacial score (nSPS) is 10.3. The SMILES string of the molecule is Cc1cc(C(=O)Nc2ccc(-c3ccccc3)cc2)ccc1[N+](=O)[O-]. The zero-order valence-corrected chi connectivity index (χ0v) is 13.6. The van der Waals surface area contributed by atoms with Gasteiger partial charge in [-0.05, 0) is 42.3 Å². The van der Waals surface area contributed by atoms with Gasteiger partial charge >= 0.3 is 0 Å². The summed E-state index contributed by atoms with van der Waals surface area (Å²) >= 11 is 0. The fraction of sp³-hybridized carbons (Fsp3) is 0.0500.